The zero-order valence-electron chi connectivity index (χ0n) is 9.81. The number of hydrogen-bond acceptors (Lipinski definition) is 2. The third kappa shape index (κ3) is 2.15. The van der Waals surface area contributed by atoms with Gasteiger partial charge < -0.3 is 15.0 Å². The van der Waals surface area contributed by atoms with Crippen LogP contribution in [0.25, 0.3) is 17.0 Å². The Morgan fingerprint density at radius 2 is 2.24 bits per heavy atom. The molecule has 4 nitrogen and oxygen atoms in total. The number of nitrogens with zero attached hydrogens (tertiary/aromatic N) is 1. The fourth-order valence-electron chi connectivity index (χ4n) is 1.83. The van der Waals surface area contributed by atoms with Crippen LogP contribution in [0.15, 0.2) is 30.5 Å². The van der Waals surface area contributed by atoms with Gasteiger partial charge in [-0.2, -0.15) is 0 Å². The van der Waals surface area contributed by atoms with Crippen molar-refractivity contribution in [3.63, 3.8) is 0 Å². The van der Waals surface area contributed by atoms with Gasteiger partial charge in [0, 0.05) is 35.8 Å². The molecule has 0 aliphatic rings. The summed E-state index contributed by atoms with van der Waals surface area (Å²) < 4.78 is 7.18. The Morgan fingerprint density at radius 1 is 1.47 bits per heavy atom. The smallest absolute Gasteiger partial charge is 0.241 e. The molecular formula is C13H14N2O2. The molecule has 0 bridgehead atoms. The lowest BCUT2D eigenvalue weighted by Gasteiger charge is -2.00. The van der Waals surface area contributed by atoms with Gasteiger partial charge in [-0.15, -0.1) is 0 Å². The molecule has 1 amide bonds. The lowest BCUT2D eigenvalue weighted by atomic mass is 10.1. The number of benzene rings is 1. The number of fused-ring (bicyclic) bond motifs is 1. The molecule has 2 N–H and O–H groups in total. The highest BCUT2D eigenvalue weighted by Crippen LogP contribution is 2.26. The molecule has 0 saturated carbocycles. The number of carbonyl (C=O) groups is 1. The first kappa shape index (κ1) is 11.3. The summed E-state index contributed by atoms with van der Waals surface area (Å²) in [5.41, 5.74) is 7.11. The van der Waals surface area contributed by atoms with E-state index in [0.717, 1.165) is 22.2 Å². The first-order valence-corrected chi connectivity index (χ1v) is 5.22. The Kier molecular flexibility index (Phi) is 2.87. The van der Waals surface area contributed by atoms with E-state index in [4.69, 9.17) is 10.5 Å². The van der Waals surface area contributed by atoms with Crippen molar-refractivity contribution in [3.05, 3.63) is 36.0 Å². The van der Waals surface area contributed by atoms with E-state index in [1.54, 1.807) is 13.2 Å². The van der Waals surface area contributed by atoms with Gasteiger partial charge in [-0.05, 0) is 24.3 Å². The summed E-state index contributed by atoms with van der Waals surface area (Å²) in [6.45, 7) is 0. The van der Waals surface area contributed by atoms with E-state index in [9.17, 15) is 4.79 Å². The normalized spacial score (nSPS) is 11.2. The summed E-state index contributed by atoms with van der Waals surface area (Å²) >= 11 is 0. The maximum atomic E-state index is 10.7. The van der Waals surface area contributed by atoms with Gasteiger partial charge >= 0.3 is 0 Å². The van der Waals surface area contributed by atoms with Crippen LogP contribution >= 0.6 is 0 Å². The van der Waals surface area contributed by atoms with Crippen LogP contribution in [0.4, 0.5) is 0 Å². The van der Waals surface area contributed by atoms with Crippen molar-refractivity contribution in [2.45, 2.75) is 0 Å². The van der Waals surface area contributed by atoms with Gasteiger partial charge in [-0.3, -0.25) is 4.79 Å². The van der Waals surface area contributed by atoms with E-state index in [-0.39, 0.29) is 0 Å². The van der Waals surface area contributed by atoms with Crippen LogP contribution in [0, 0.1) is 0 Å². The van der Waals surface area contributed by atoms with Crippen molar-refractivity contribution in [2.75, 3.05) is 7.11 Å². The largest absolute Gasteiger partial charge is 0.497 e. The summed E-state index contributed by atoms with van der Waals surface area (Å²) in [7, 11) is 3.58. The van der Waals surface area contributed by atoms with Gasteiger partial charge in [0.05, 0.1) is 7.11 Å². The number of primary amides is 1. The number of amides is 1. The molecule has 1 heterocycles. The van der Waals surface area contributed by atoms with E-state index in [1.165, 1.54) is 6.08 Å². The second-order valence-electron chi connectivity index (χ2n) is 3.81. The highest BCUT2D eigenvalue weighted by atomic mass is 16.5. The van der Waals surface area contributed by atoms with E-state index >= 15 is 0 Å². The van der Waals surface area contributed by atoms with Crippen LogP contribution < -0.4 is 10.5 Å². The lowest BCUT2D eigenvalue weighted by molar-refractivity contribution is -0.113. The maximum absolute atomic E-state index is 10.7. The molecule has 0 spiro atoms. The number of aromatic nitrogens is 1. The minimum Gasteiger partial charge on any atom is -0.497 e. The van der Waals surface area contributed by atoms with Crippen LogP contribution in [-0.2, 0) is 11.8 Å². The predicted molar refractivity (Wildman–Crippen MR) is 67.7 cm³/mol. The number of carbonyl (C=O) groups excluding carboxylic acids is 1. The van der Waals surface area contributed by atoms with Gasteiger partial charge in [0.25, 0.3) is 0 Å². The lowest BCUT2D eigenvalue weighted by Crippen LogP contribution is -2.04. The topological polar surface area (TPSA) is 57.2 Å². The van der Waals surface area contributed by atoms with Crippen molar-refractivity contribution in [1.82, 2.24) is 4.57 Å². The van der Waals surface area contributed by atoms with Crippen molar-refractivity contribution in [3.8, 4) is 5.75 Å². The predicted octanol–water partition coefficient (Wildman–Crippen LogP) is 1.69. The Bertz CT molecular complexity index is 597. The minimum atomic E-state index is -0.454. The third-order valence-corrected chi connectivity index (χ3v) is 2.65. The van der Waals surface area contributed by atoms with Crippen LogP contribution in [0.3, 0.4) is 0 Å². The summed E-state index contributed by atoms with van der Waals surface area (Å²) in [5, 5.41) is 1.03. The molecule has 0 radical (unpaired) electrons. The quantitative estimate of drug-likeness (QED) is 0.816. The molecule has 0 unspecified atom stereocenters. The SMILES string of the molecule is COc1ccc2c(c1)c(/C=C\C(N)=O)cn2C. The number of hydrogen-bond donors (Lipinski definition) is 1. The third-order valence-electron chi connectivity index (χ3n) is 2.65. The van der Waals surface area contributed by atoms with E-state index in [2.05, 4.69) is 0 Å². The minimum absolute atomic E-state index is 0.454. The molecule has 0 saturated heterocycles. The Morgan fingerprint density at radius 3 is 2.88 bits per heavy atom. The van der Waals surface area contributed by atoms with E-state index < -0.39 is 5.91 Å². The van der Waals surface area contributed by atoms with Gasteiger partial charge in [-0.25, -0.2) is 0 Å². The number of ether oxygens (including phenoxy) is 1. The highest BCUT2D eigenvalue weighted by molar-refractivity contribution is 5.96. The van der Waals surface area contributed by atoms with Gasteiger partial charge in [-0.1, -0.05) is 0 Å². The van der Waals surface area contributed by atoms with Crippen LogP contribution in [0.2, 0.25) is 0 Å². The summed E-state index contributed by atoms with van der Waals surface area (Å²) in [6.07, 6.45) is 5.02. The molecule has 17 heavy (non-hydrogen) atoms. The summed E-state index contributed by atoms with van der Waals surface area (Å²) in [6, 6.07) is 5.83. The Labute approximate surface area is 99.3 Å². The number of aryl methyl sites for hydroxylation is 1. The van der Waals surface area contributed by atoms with Gasteiger partial charge in [0.15, 0.2) is 0 Å². The molecule has 88 valence electrons. The summed E-state index contributed by atoms with van der Waals surface area (Å²) in [5.74, 6) is 0.335. The van der Waals surface area contributed by atoms with Crippen LogP contribution in [-0.4, -0.2) is 17.6 Å². The number of nitrogens with two attached hydrogens (primary N) is 1. The Balaban J connectivity index is 2.59. The monoisotopic (exact) mass is 230 g/mol. The van der Waals surface area contributed by atoms with Gasteiger partial charge in [0.2, 0.25) is 5.91 Å². The molecule has 4 heteroatoms. The van der Waals surface area contributed by atoms with Crippen molar-refractivity contribution >= 4 is 22.9 Å². The summed E-state index contributed by atoms with van der Waals surface area (Å²) in [4.78, 5) is 10.7. The molecule has 0 atom stereocenters. The molecule has 2 aromatic rings. The zero-order chi connectivity index (χ0) is 12.4. The van der Waals surface area contributed by atoms with E-state index in [1.807, 2.05) is 36.0 Å². The second-order valence-corrected chi connectivity index (χ2v) is 3.81. The second kappa shape index (κ2) is 4.33. The van der Waals surface area contributed by atoms with Crippen molar-refractivity contribution in [2.24, 2.45) is 12.8 Å². The number of methoxy groups -OCH3 is 1. The zero-order valence-corrected chi connectivity index (χ0v) is 9.81. The highest BCUT2D eigenvalue weighted by Gasteiger charge is 2.05. The average Bonchev–Trinajstić information content (AvgIpc) is 2.63. The van der Waals surface area contributed by atoms with Crippen LogP contribution in [0.1, 0.15) is 5.56 Å². The fraction of sp³-hybridized carbons (Fsp3) is 0.154. The first-order valence-electron chi connectivity index (χ1n) is 5.22. The molecule has 0 fully saturated rings. The molecule has 2 rings (SSSR count). The fourth-order valence-corrected chi connectivity index (χ4v) is 1.83. The standard InChI is InChI=1S/C13H14N2O2/c1-15-8-9(3-6-13(14)16)11-7-10(17-2)4-5-12(11)15/h3-8H,1-2H3,(H2,14,16)/b6-3-. The van der Waals surface area contributed by atoms with Crippen LogP contribution in [0.5, 0.6) is 5.75 Å². The number of rotatable bonds is 3. The maximum Gasteiger partial charge on any atom is 0.241 e. The van der Waals surface area contributed by atoms with Crippen molar-refractivity contribution < 1.29 is 9.53 Å². The molecule has 1 aromatic heterocycles. The molecular weight excluding hydrogens is 216 g/mol. The average molecular weight is 230 g/mol. The molecule has 0 aliphatic carbocycles. The van der Waals surface area contributed by atoms with E-state index in [0.29, 0.717) is 0 Å². The Hall–Kier alpha value is -2.23. The molecule has 1 aromatic carbocycles. The molecule has 0 aliphatic heterocycles. The first-order chi connectivity index (χ1) is 8.11. The van der Waals surface area contributed by atoms with Crippen molar-refractivity contribution in [1.29, 1.82) is 0 Å². The van der Waals surface area contributed by atoms with Gasteiger partial charge in [0.1, 0.15) is 5.75 Å².